The second-order valence-corrected chi connectivity index (χ2v) is 2.88. The standard InChI is InChI=1S/C12H13NO2/c1-4-9(8-13)11-6-5-10(14-2)7-12(11)15-3/h4-7H,1-3H3/b9-4+. The fourth-order valence-corrected chi connectivity index (χ4v) is 1.30. The van der Waals surface area contributed by atoms with Crippen molar-refractivity contribution in [3.05, 3.63) is 29.8 Å². The van der Waals surface area contributed by atoms with Gasteiger partial charge in [0, 0.05) is 11.6 Å². The molecule has 0 amide bonds. The van der Waals surface area contributed by atoms with Crippen LogP contribution >= 0.6 is 0 Å². The summed E-state index contributed by atoms with van der Waals surface area (Å²) in [6.07, 6.45) is 1.75. The highest BCUT2D eigenvalue weighted by molar-refractivity contribution is 5.80. The van der Waals surface area contributed by atoms with Crippen LogP contribution in [0.1, 0.15) is 12.5 Å². The van der Waals surface area contributed by atoms with E-state index in [2.05, 4.69) is 6.07 Å². The van der Waals surface area contributed by atoms with Crippen molar-refractivity contribution >= 4 is 5.57 Å². The van der Waals surface area contributed by atoms with E-state index >= 15 is 0 Å². The third-order valence-corrected chi connectivity index (χ3v) is 2.11. The van der Waals surface area contributed by atoms with Gasteiger partial charge >= 0.3 is 0 Å². The van der Waals surface area contributed by atoms with E-state index in [0.29, 0.717) is 17.1 Å². The lowest BCUT2D eigenvalue weighted by molar-refractivity contribution is 0.393. The van der Waals surface area contributed by atoms with Crippen molar-refractivity contribution < 1.29 is 9.47 Å². The van der Waals surface area contributed by atoms with Crippen LogP contribution in [-0.4, -0.2) is 14.2 Å². The number of rotatable bonds is 3. The zero-order chi connectivity index (χ0) is 11.3. The summed E-state index contributed by atoms with van der Waals surface area (Å²) in [5.41, 5.74) is 1.37. The lowest BCUT2D eigenvalue weighted by atomic mass is 10.1. The van der Waals surface area contributed by atoms with E-state index < -0.39 is 0 Å². The van der Waals surface area contributed by atoms with Gasteiger partial charge in [-0.2, -0.15) is 5.26 Å². The molecular weight excluding hydrogens is 190 g/mol. The summed E-state index contributed by atoms with van der Waals surface area (Å²) < 4.78 is 10.3. The molecular formula is C12H13NO2. The lowest BCUT2D eigenvalue weighted by Crippen LogP contribution is -1.92. The van der Waals surface area contributed by atoms with Crippen LogP contribution in [0.15, 0.2) is 24.3 Å². The molecule has 0 N–H and O–H groups in total. The summed E-state index contributed by atoms with van der Waals surface area (Å²) in [5, 5.41) is 8.92. The highest BCUT2D eigenvalue weighted by atomic mass is 16.5. The molecule has 3 heteroatoms. The minimum Gasteiger partial charge on any atom is -0.497 e. The van der Waals surface area contributed by atoms with E-state index in [9.17, 15) is 0 Å². The topological polar surface area (TPSA) is 42.2 Å². The van der Waals surface area contributed by atoms with Gasteiger partial charge in [0.2, 0.25) is 0 Å². The van der Waals surface area contributed by atoms with E-state index in [-0.39, 0.29) is 0 Å². The molecule has 0 heterocycles. The Morgan fingerprint density at radius 3 is 2.53 bits per heavy atom. The summed E-state index contributed by atoms with van der Waals surface area (Å²) in [6, 6.07) is 7.50. The third kappa shape index (κ3) is 2.29. The molecule has 0 aliphatic heterocycles. The van der Waals surface area contributed by atoms with Crippen LogP contribution in [0.5, 0.6) is 11.5 Å². The van der Waals surface area contributed by atoms with E-state index in [0.717, 1.165) is 5.56 Å². The first-order chi connectivity index (χ1) is 7.26. The number of ether oxygens (including phenoxy) is 2. The number of nitrogens with zero attached hydrogens (tertiary/aromatic N) is 1. The first kappa shape index (κ1) is 11.1. The van der Waals surface area contributed by atoms with E-state index in [1.807, 2.05) is 13.0 Å². The number of benzene rings is 1. The van der Waals surface area contributed by atoms with Gasteiger partial charge in [-0.1, -0.05) is 6.08 Å². The molecule has 0 fully saturated rings. The summed E-state index contributed by atoms with van der Waals surface area (Å²) in [4.78, 5) is 0. The third-order valence-electron chi connectivity index (χ3n) is 2.11. The zero-order valence-corrected chi connectivity index (χ0v) is 9.07. The second kappa shape index (κ2) is 5.06. The van der Waals surface area contributed by atoms with Crippen molar-refractivity contribution in [2.45, 2.75) is 6.92 Å². The molecule has 0 atom stereocenters. The number of hydrogen-bond donors (Lipinski definition) is 0. The SMILES string of the molecule is C/C=C(\C#N)c1ccc(OC)cc1OC. The van der Waals surface area contributed by atoms with E-state index in [1.165, 1.54) is 0 Å². The average Bonchev–Trinajstić information content (AvgIpc) is 2.31. The predicted octanol–water partition coefficient (Wildman–Crippen LogP) is 2.63. The minimum atomic E-state index is 0.592. The Morgan fingerprint density at radius 1 is 1.33 bits per heavy atom. The molecule has 78 valence electrons. The number of methoxy groups -OCH3 is 2. The molecule has 0 saturated heterocycles. The molecule has 1 aromatic carbocycles. The normalized spacial score (nSPS) is 10.7. The fourth-order valence-electron chi connectivity index (χ4n) is 1.30. The van der Waals surface area contributed by atoms with Gasteiger partial charge in [0.25, 0.3) is 0 Å². The Balaban J connectivity index is 3.26. The largest absolute Gasteiger partial charge is 0.497 e. The van der Waals surface area contributed by atoms with Gasteiger partial charge in [0.1, 0.15) is 11.5 Å². The molecule has 0 unspecified atom stereocenters. The van der Waals surface area contributed by atoms with Crippen LogP contribution in [-0.2, 0) is 0 Å². The Labute approximate surface area is 89.6 Å². The van der Waals surface area contributed by atoms with Crippen LogP contribution in [0.2, 0.25) is 0 Å². The maximum absolute atomic E-state index is 8.92. The first-order valence-electron chi connectivity index (χ1n) is 4.55. The summed E-state index contributed by atoms with van der Waals surface area (Å²) in [5.74, 6) is 1.35. The number of hydrogen-bond acceptors (Lipinski definition) is 3. The molecule has 0 spiro atoms. The van der Waals surface area contributed by atoms with Crippen molar-refractivity contribution in [2.24, 2.45) is 0 Å². The predicted molar refractivity (Wildman–Crippen MR) is 58.8 cm³/mol. The van der Waals surface area contributed by atoms with E-state index in [4.69, 9.17) is 14.7 Å². The van der Waals surface area contributed by atoms with Crippen LogP contribution < -0.4 is 9.47 Å². The summed E-state index contributed by atoms with van der Waals surface area (Å²) in [6.45, 7) is 1.82. The molecule has 0 aliphatic carbocycles. The summed E-state index contributed by atoms with van der Waals surface area (Å²) in [7, 11) is 3.16. The Kier molecular flexibility index (Phi) is 3.75. The molecule has 1 aromatic rings. The van der Waals surface area contributed by atoms with Gasteiger partial charge in [0.05, 0.1) is 25.9 Å². The van der Waals surface area contributed by atoms with Gasteiger partial charge in [-0.15, -0.1) is 0 Å². The number of nitriles is 1. The monoisotopic (exact) mass is 203 g/mol. The average molecular weight is 203 g/mol. The van der Waals surface area contributed by atoms with Crippen molar-refractivity contribution in [3.8, 4) is 17.6 Å². The summed E-state index contributed by atoms with van der Waals surface area (Å²) >= 11 is 0. The Hall–Kier alpha value is -1.95. The highest BCUT2D eigenvalue weighted by Gasteiger charge is 2.08. The zero-order valence-electron chi connectivity index (χ0n) is 9.07. The van der Waals surface area contributed by atoms with Gasteiger partial charge in [-0.3, -0.25) is 0 Å². The van der Waals surface area contributed by atoms with Crippen molar-refractivity contribution in [3.63, 3.8) is 0 Å². The molecule has 0 aliphatic rings. The van der Waals surface area contributed by atoms with Gasteiger partial charge in [-0.25, -0.2) is 0 Å². The maximum Gasteiger partial charge on any atom is 0.131 e. The van der Waals surface area contributed by atoms with Gasteiger partial charge < -0.3 is 9.47 Å². The first-order valence-corrected chi connectivity index (χ1v) is 4.55. The molecule has 15 heavy (non-hydrogen) atoms. The van der Waals surface area contributed by atoms with E-state index in [1.54, 1.807) is 32.4 Å². The van der Waals surface area contributed by atoms with Crippen LogP contribution in [0.3, 0.4) is 0 Å². The maximum atomic E-state index is 8.92. The molecule has 0 radical (unpaired) electrons. The molecule has 1 rings (SSSR count). The van der Waals surface area contributed by atoms with Crippen LogP contribution in [0, 0.1) is 11.3 Å². The second-order valence-electron chi connectivity index (χ2n) is 2.88. The van der Waals surface area contributed by atoms with Crippen molar-refractivity contribution in [1.29, 1.82) is 5.26 Å². The van der Waals surface area contributed by atoms with Crippen LogP contribution in [0.25, 0.3) is 5.57 Å². The van der Waals surface area contributed by atoms with Gasteiger partial charge in [0.15, 0.2) is 0 Å². The van der Waals surface area contributed by atoms with Crippen molar-refractivity contribution in [2.75, 3.05) is 14.2 Å². The Bertz CT molecular complexity index is 416. The molecule has 0 aromatic heterocycles. The lowest BCUT2D eigenvalue weighted by Gasteiger charge is -2.08. The molecule has 0 saturated carbocycles. The highest BCUT2D eigenvalue weighted by Crippen LogP contribution is 2.29. The fraction of sp³-hybridized carbons (Fsp3) is 0.250. The minimum absolute atomic E-state index is 0.592. The quantitative estimate of drug-likeness (QED) is 0.709. The van der Waals surface area contributed by atoms with Gasteiger partial charge in [-0.05, 0) is 19.1 Å². The van der Waals surface area contributed by atoms with Crippen LogP contribution in [0.4, 0.5) is 0 Å². The smallest absolute Gasteiger partial charge is 0.131 e. The van der Waals surface area contributed by atoms with Crippen molar-refractivity contribution in [1.82, 2.24) is 0 Å². The molecule has 0 bridgehead atoms. The number of allylic oxidation sites excluding steroid dienone is 2. The molecule has 3 nitrogen and oxygen atoms in total. The Morgan fingerprint density at radius 2 is 2.07 bits per heavy atom.